The number of unbranched alkanes of at least 4 members (excludes halogenated alkanes) is 4. The van der Waals surface area contributed by atoms with Gasteiger partial charge < -0.3 is 4.57 Å². The Balaban J connectivity index is 1.49. The Morgan fingerprint density at radius 2 is 1.06 bits per heavy atom. The summed E-state index contributed by atoms with van der Waals surface area (Å²) in [4.78, 5) is 5.09. The van der Waals surface area contributed by atoms with Crippen LogP contribution in [0.15, 0.2) is 152 Å². The molecule has 0 atom stereocenters. The summed E-state index contributed by atoms with van der Waals surface area (Å²) in [5.41, 5.74) is 6.71. The third kappa shape index (κ3) is 8.43. The molecule has 0 N–H and O–H groups in total. The molecule has 6 aromatic rings. The summed E-state index contributed by atoms with van der Waals surface area (Å²) in [6.07, 6.45) is 14.9. The van der Waals surface area contributed by atoms with Crippen LogP contribution < -0.4 is 21.3 Å². The summed E-state index contributed by atoms with van der Waals surface area (Å²) in [5, 5.41) is 4.43. The van der Waals surface area contributed by atoms with Gasteiger partial charge in [-0.25, -0.2) is 0 Å². The standard InChI is InChI=1S/C45H51BN2Si/c1-3-5-10-20-37-22-18-30-42(34-37)49(41-28-16-9-17-29-41,43-31-19-23-38(35-43)21-11-6-4-2)36-48-33-32-47-45(48)46-44(39-24-12-7-13-25-39)40-26-14-8-15-27-40/h7-9,12-19,22-35,44,46H,3-6,10-11,20-21,36H2,1-2H3. The lowest BCUT2D eigenvalue weighted by molar-refractivity contribution is 0.717. The number of hydrogen-bond donors (Lipinski definition) is 0. The van der Waals surface area contributed by atoms with E-state index >= 15 is 0 Å². The van der Waals surface area contributed by atoms with Crippen LogP contribution in [0.5, 0.6) is 0 Å². The molecule has 1 heterocycles. The van der Waals surface area contributed by atoms with E-state index in [4.69, 9.17) is 4.98 Å². The molecule has 248 valence electrons. The minimum atomic E-state index is -2.60. The fourth-order valence-corrected chi connectivity index (χ4v) is 12.3. The first-order valence-electron chi connectivity index (χ1n) is 18.6. The van der Waals surface area contributed by atoms with Gasteiger partial charge in [-0.1, -0.05) is 179 Å². The van der Waals surface area contributed by atoms with Crippen molar-refractivity contribution in [2.45, 2.75) is 77.2 Å². The first-order valence-corrected chi connectivity index (χ1v) is 20.8. The third-order valence-electron chi connectivity index (χ3n) is 10.2. The van der Waals surface area contributed by atoms with Crippen molar-refractivity contribution in [2.24, 2.45) is 0 Å². The molecular weight excluding hydrogens is 607 g/mol. The zero-order valence-corrected chi connectivity index (χ0v) is 30.5. The molecule has 5 aromatic carbocycles. The van der Waals surface area contributed by atoms with Crippen LogP contribution in [-0.4, -0.2) is 24.9 Å². The minimum Gasteiger partial charge on any atom is -0.345 e. The van der Waals surface area contributed by atoms with Crippen molar-refractivity contribution in [1.82, 2.24) is 9.55 Å². The van der Waals surface area contributed by atoms with Crippen LogP contribution in [0.25, 0.3) is 0 Å². The molecule has 0 aliphatic carbocycles. The van der Waals surface area contributed by atoms with Gasteiger partial charge in [0.2, 0.25) is 7.28 Å². The van der Waals surface area contributed by atoms with Crippen LogP contribution in [0.4, 0.5) is 0 Å². The monoisotopic (exact) mass is 658 g/mol. The lowest BCUT2D eigenvalue weighted by atomic mass is 9.58. The molecule has 0 bridgehead atoms. The van der Waals surface area contributed by atoms with E-state index in [0.29, 0.717) is 0 Å². The highest BCUT2D eigenvalue weighted by Gasteiger charge is 2.41. The smallest absolute Gasteiger partial charge is 0.217 e. The number of benzene rings is 5. The second kappa shape index (κ2) is 17.3. The van der Waals surface area contributed by atoms with Gasteiger partial charge in [-0.3, -0.25) is 4.98 Å². The molecule has 0 spiro atoms. The maximum Gasteiger partial charge on any atom is 0.217 e. The summed E-state index contributed by atoms with van der Waals surface area (Å²) in [7, 11) is -1.76. The molecular formula is C45H51BN2Si. The molecule has 0 amide bonds. The molecule has 1 aromatic heterocycles. The number of aryl methyl sites for hydroxylation is 2. The maximum absolute atomic E-state index is 5.09. The highest BCUT2D eigenvalue weighted by Crippen LogP contribution is 2.23. The molecule has 4 heteroatoms. The number of nitrogens with zero attached hydrogens (tertiary/aromatic N) is 2. The van der Waals surface area contributed by atoms with Gasteiger partial charge in [0.1, 0.15) is 0 Å². The van der Waals surface area contributed by atoms with Gasteiger partial charge in [0.25, 0.3) is 0 Å². The molecule has 2 nitrogen and oxygen atoms in total. The van der Waals surface area contributed by atoms with Crippen LogP contribution >= 0.6 is 0 Å². The largest absolute Gasteiger partial charge is 0.345 e. The normalized spacial score (nSPS) is 11.6. The highest BCUT2D eigenvalue weighted by molar-refractivity contribution is 7.10. The predicted molar refractivity (Wildman–Crippen MR) is 214 cm³/mol. The fourth-order valence-electron chi connectivity index (χ4n) is 7.55. The second-order valence-corrected chi connectivity index (χ2v) is 17.5. The molecule has 0 aliphatic rings. The average molecular weight is 659 g/mol. The first kappa shape index (κ1) is 34.5. The molecule has 6 rings (SSSR count). The Hall–Kier alpha value is -4.41. The molecule has 0 radical (unpaired) electrons. The Bertz CT molecular complexity index is 1760. The molecule has 0 fully saturated rings. The van der Waals surface area contributed by atoms with E-state index in [1.165, 1.54) is 76.3 Å². The van der Waals surface area contributed by atoms with E-state index in [2.05, 4.69) is 164 Å². The Morgan fingerprint density at radius 3 is 1.57 bits per heavy atom. The summed E-state index contributed by atoms with van der Waals surface area (Å²) >= 11 is 0. The van der Waals surface area contributed by atoms with E-state index in [9.17, 15) is 0 Å². The summed E-state index contributed by atoms with van der Waals surface area (Å²) in [6, 6.07) is 52.7. The van der Waals surface area contributed by atoms with Crippen molar-refractivity contribution >= 4 is 36.6 Å². The van der Waals surface area contributed by atoms with Gasteiger partial charge in [-0.2, -0.15) is 0 Å². The quantitative estimate of drug-likeness (QED) is 0.0554. The van der Waals surface area contributed by atoms with E-state index in [1.807, 2.05) is 6.20 Å². The summed E-state index contributed by atoms with van der Waals surface area (Å²) < 4.78 is 2.51. The van der Waals surface area contributed by atoms with Crippen LogP contribution in [-0.2, 0) is 19.0 Å². The highest BCUT2D eigenvalue weighted by atomic mass is 28.3. The lowest BCUT2D eigenvalue weighted by Crippen LogP contribution is -2.70. The number of rotatable bonds is 17. The summed E-state index contributed by atoms with van der Waals surface area (Å²) in [6.45, 7) is 4.58. The van der Waals surface area contributed by atoms with Crippen LogP contribution in [0.3, 0.4) is 0 Å². The lowest BCUT2D eigenvalue weighted by Gasteiger charge is -2.35. The van der Waals surface area contributed by atoms with Gasteiger partial charge in [0.15, 0.2) is 8.07 Å². The topological polar surface area (TPSA) is 17.8 Å². The van der Waals surface area contributed by atoms with Crippen molar-refractivity contribution in [3.63, 3.8) is 0 Å². The average Bonchev–Trinajstić information content (AvgIpc) is 3.60. The van der Waals surface area contributed by atoms with Gasteiger partial charge >= 0.3 is 0 Å². The molecule has 0 saturated heterocycles. The number of hydrogen-bond acceptors (Lipinski definition) is 1. The van der Waals surface area contributed by atoms with Crippen molar-refractivity contribution in [1.29, 1.82) is 0 Å². The number of imidazole rings is 1. The van der Waals surface area contributed by atoms with Crippen molar-refractivity contribution < 1.29 is 0 Å². The van der Waals surface area contributed by atoms with Crippen LogP contribution in [0.1, 0.15) is 80.4 Å². The summed E-state index contributed by atoms with van der Waals surface area (Å²) in [5.74, 6) is 0.222. The maximum atomic E-state index is 5.09. The molecule has 0 unspecified atom stereocenters. The van der Waals surface area contributed by atoms with E-state index in [-0.39, 0.29) is 5.82 Å². The minimum absolute atomic E-state index is 0.222. The Kier molecular flexibility index (Phi) is 12.2. The molecule has 0 aliphatic heterocycles. The molecule has 0 saturated carbocycles. The third-order valence-corrected chi connectivity index (χ3v) is 15.0. The second-order valence-electron chi connectivity index (χ2n) is 13.6. The molecule has 49 heavy (non-hydrogen) atoms. The fraction of sp³-hybridized carbons (Fsp3) is 0.267. The van der Waals surface area contributed by atoms with Crippen molar-refractivity contribution in [2.75, 3.05) is 0 Å². The SMILES string of the molecule is CCCCCc1cccc([Si](Cn2ccnc2BC(c2ccccc2)c2ccccc2)(c2ccccc2)c2cccc(CCCCC)c2)c1. The van der Waals surface area contributed by atoms with Crippen LogP contribution in [0.2, 0.25) is 0 Å². The van der Waals surface area contributed by atoms with Gasteiger partial charge in [-0.05, 0) is 69.3 Å². The first-order chi connectivity index (χ1) is 24.2. The number of aromatic nitrogens is 2. The predicted octanol–water partition coefficient (Wildman–Crippen LogP) is 7.91. The zero-order chi connectivity index (χ0) is 33.7. The van der Waals surface area contributed by atoms with Crippen molar-refractivity contribution in [3.05, 3.63) is 174 Å². The van der Waals surface area contributed by atoms with E-state index < -0.39 is 8.07 Å². The Labute approximate surface area is 296 Å². The van der Waals surface area contributed by atoms with Gasteiger partial charge in [-0.15, -0.1) is 0 Å². The van der Waals surface area contributed by atoms with E-state index in [1.54, 1.807) is 0 Å². The van der Waals surface area contributed by atoms with Crippen LogP contribution in [0, 0.1) is 0 Å². The zero-order valence-electron chi connectivity index (χ0n) is 29.5. The Morgan fingerprint density at radius 1 is 0.571 bits per heavy atom. The van der Waals surface area contributed by atoms with E-state index in [0.717, 1.165) is 32.0 Å². The van der Waals surface area contributed by atoms with Gasteiger partial charge in [0.05, 0.1) is 5.72 Å². The van der Waals surface area contributed by atoms with Crippen molar-refractivity contribution in [3.8, 4) is 0 Å². The van der Waals surface area contributed by atoms with Gasteiger partial charge in [0, 0.05) is 18.6 Å².